The number of benzene rings is 4. The van der Waals surface area contributed by atoms with Crippen LogP contribution in [0.2, 0.25) is 0 Å². The van der Waals surface area contributed by atoms with E-state index in [0.29, 0.717) is 54.5 Å². The topological polar surface area (TPSA) is 18.5 Å². The van der Waals surface area contributed by atoms with Gasteiger partial charge >= 0.3 is 12.2 Å². The molecule has 4 aromatic rings. The van der Waals surface area contributed by atoms with Crippen molar-refractivity contribution in [2.45, 2.75) is 77.4 Å². The first-order valence-corrected chi connectivity index (χ1v) is 17.3. The third-order valence-corrected chi connectivity index (χ3v) is 10.1. The number of halogens is 12. The minimum absolute atomic E-state index is 0. The van der Waals surface area contributed by atoms with Gasteiger partial charge in [0.05, 0.1) is 5.92 Å². The molecule has 54 heavy (non-hydrogen) atoms. The average Bonchev–Trinajstić information content (AvgIpc) is 3.09. The summed E-state index contributed by atoms with van der Waals surface area (Å²) in [6, 6.07) is 9.04. The van der Waals surface area contributed by atoms with Crippen molar-refractivity contribution in [3.8, 4) is 22.6 Å². The summed E-state index contributed by atoms with van der Waals surface area (Å²) in [7, 11) is 0. The Morgan fingerprint density at radius 1 is 0.519 bits per heavy atom. The Balaban J connectivity index is 0.000000291. The minimum Gasteiger partial charge on any atom is -0.432 e. The van der Waals surface area contributed by atoms with Gasteiger partial charge in [-0.25, -0.2) is 35.1 Å². The normalized spacial score (nSPS) is 20.6. The van der Waals surface area contributed by atoms with Gasteiger partial charge in [-0.2, -0.15) is 17.6 Å². The second kappa shape index (κ2) is 16.6. The van der Waals surface area contributed by atoms with Crippen molar-refractivity contribution in [1.29, 1.82) is 0 Å². The highest BCUT2D eigenvalue weighted by Crippen LogP contribution is 2.46. The lowest BCUT2D eigenvalue weighted by molar-refractivity contribution is -0.224. The van der Waals surface area contributed by atoms with Crippen LogP contribution in [0.4, 0.5) is 52.7 Å². The quantitative estimate of drug-likeness (QED) is 0.131. The third kappa shape index (κ3) is 9.65. The predicted octanol–water partition coefficient (Wildman–Crippen LogP) is 13.7. The summed E-state index contributed by atoms with van der Waals surface area (Å²) in [5.41, 5.74) is -0.455. The van der Waals surface area contributed by atoms with Crippen LogP contribution in [0.1, 0.15) is 72.3 Å². The first kappa shape index (κ1) is 40.8. The third-order valence-electron chi connectivity index (χ3n) is 10.1. The molecule has 2 nitrogen and oxygen atoms in total. The molecule has 0 heterocycles. The Morgan fingerprint density at radius 3 is 1.37 bits per heavy atom. The van der Waals surface area contributed by atoms with Crippen molar-refractivity contribution >= 4 is 0 Å². The van der Waals surface area contributed by atoms with E-state index >= 15 is 0 Å². The standard InChI is InChI=1S/C20H11F7O.C20H25F5O.2H2/c1-10-2-4-11(5-3-10)12-6-14(21)18(15(22)7-12)20(26,27)28-13-8-16(23)19(25)17(24)9-13;1-12-2-4-13(5-3-12)14-6-8-15(9-7-14)20(24,25)26-16-10-17(21)19(23)18(22)11-16;;/h2-9H,1H3;10-15H,2-9H2,1H3;2*1H. The molecule has 0 unspecified atom stereocenters. The van der Waals surface area contributed by atoms with Crippen molar-refractivity contribution in [1.82, 2.24) is 0 Å². The monoisotopic (exact) mass is 780 g/mol. The lowest BCUT2D eigenvalue weighted by Crippen LogP contribution is -2.38. The molecule has 0 radical (unpaired) electrons. The maximum absolute atomic E-state index is 14.4. The fraction of sp³-hybridized carbons (Fsp3) is 0.400. The Morgan fingerprint density at radius 2 is 0.926 bits per heavy atom. The molecule has 0 aromatic heterocycles. The summed E-state index contributed by atoms with van der Waals surface area (Å²) in [6.45, 7) is 4.05. The van der Waals surface area contributed by atoms with Gasteiger partial charge in [0.1, 0.15) is 28.7 Å². The maximum atomic E-state index is 14.4. The highest BCUT2D eigenvalue weighted by atomic mass is 19.3. The van der Waals surface area contributed by atoms with E-state index in [2.05, 4.69) is 16.4 Å². The van der Waals surface area contributed by atoms with Gasteiger partial charge < -0.3 is 9.47 Å². The van der Waals surface area contributed by atoms with E-state index in [-0.39, 0.29) is 20.5 Å². The lowest BCUT2D eigenvalue weighted by Gasteiger charge is -2.38. The lowest BCUT2D eigenvalue weighted by atomic mass is 9.69. The van der Waals surface area contributed by atoms with Crippen LogP contribution in [-0.2, 0) is 6.11 Å². The number of hydrogen-bond donors (Lipinski definition) is 0. The fourth-order valence-electron chi connectivity index (χ4n) is 7.07. The summed E-state index contributed by atoms with van der Waals surface area (Å²) < 4.78 is 173. The van der Waals surface area contributed by atoms with Crippen LogP contribution >= 0.6 is 0 Å². The van der Waals surface area contributed by atoms with Crippen molar-refractivity contribution in [3.05, 3.63) is 118 Å². The molecule has 0 N–H and O–H groups in total. The molecule has 2 fully saturated rings. The molecule has 2 aliphatic carbocycles. The zero-order valence-electron chi connectivity index (χ0n) is 29.1. The van der Waals surface area contributed by atoms with Crippen LogP contribution < -0.4 is 9.47 Å². The average molecular weight is 781 g/mol. The number of alkyl halides is 4. The van der Waals surface area contributed by atoms with E-state index < -0.39 is 81.7 Å². The first-order chi connectivity index (χ1) is 25.3. The molecule has 2 saturated carbocycles. The SMILES string of the molecule is CC1CCC(C2CCC(C(F)(F)Oc3cc(F)c(F)c(F)c3)CC2)CC1.Cc1ccc(-c2cc(F)c(C(F)(F)Oc3cc(F)c(F)c(F)c3)c(F)c2)cc1.[HH].[HH]. The molecule has 2 aliphatic rings. The summed E-state index contributed by atoms with van der Waals surface area (Å²) in [5.74, 6) is -14.4. The van der Waals surface area contributed by atoms with Crippen LogP contribution in [0.25, 0.3) is 11.1 Å². The van der Waals surface area contributed by atoms with Crippen molar-refractivity contribution in [2.24, 2.45) is 23.7 Å². The zero-order valence-corrected chi connectivity index (χ0v) is 29.1. The van der Waals surface area contributed by atoms with E-state index in [0.717, 1.165) is 24.3 Å². The van der Waals surface area contributed by atoms with Gasteiger partial charge in [-0.1, -0.05) is 49.6 Å². The highest BCUT2D eigenvalue weighted by Gasteiger charge is 2.45. The smallest absolute Gasteiger partial charge is 0.432 e. The Labute approximate surface area is 307 Å². The van der Waals surface area contributed by atoms with Crippen LogP contribution in [0.5, 0.6) is 11.5 Å². The van der Waals surface area contributed by atoms with Gasteiger partial charge in [0.15, 0.2) is 34.9 Å². The van der Waals surface area contributed by atoms with E-state index in [1.807, 2.05) is 0 Å². The molecule has 6 rings (SSSR count). The van der Waals surface area contributed by atoms with Gasteiger partial charge in [-0.3, -0.25) is 0 Å². The molecule has 0 atom stereocenters. The summed E-state index contributed by atoms with van der Waals surface area (Å²) in [6.07, 6.45) is -1.24. The van der Waals surface area contributed by atoms with E-state index in [1.54, 1.807) is 31.2 Å². The minimum atomic E-state index is -4.61. The van der Waals surface area contributed by atoms with Gasteiger partial charge in [0.25, 0.3) is 0 Å². The van der Waals surface area contributed by atoms with Crippen molar-refractivity contribution < 1.29 is 65.0 Å². The predicted molar refractivity (Wildman–Crippen MR) is 180 cm³/mol. The molecule has 0 spiro atoms. The molecule has 0 bridgehead atoms. The molecule has 0 amide bonds. The second-order valence-electron chi connectivity index (χ2n) is 14.0. The highest BCUT2D eigenvalue weighted by molar-refractivity contribution is 5.64. The molecular formula is C40H40F12O2. The van der Waals surface area contributed by atoms with Gasteiger partial charge in [0.2, 0.25) is 0 Å². The molecule has 4 aromatic carbocycles. The summed E-state index contributed by atoms with van der Waals surface area (Å²) in [4.78, 5) is 0. The Bertz CT molecular complexity index is 1860. The van der Waals surface area contributed by atoms with E-state index in [4.69, 9.17) is 0 Å². The van der Waals surface area contributed by atoms with Crippen molar-refractivity contribution in [3.63, 3.8) is 0 Å². The second-order valence-corrected chi connectivity index (χ2v) is 14.0. The van der Waals surface area contributed by atoms with E-state index in [1.165, 1.54) is 25.7 Å². The van der Waals surface area contributed by atoms with Crippen LogP contribution in [0, 0.1) is 77.1 Å². The Kier molecular flexibility index (Phi) is 12.5. The number of aryl methyl sites for hydroxylation is 1. The largest absolute Gasteiger partial charge is 0.432 e. The number of rotatable bonds is 8. The molecule has 296 valence electrons. The fourth-order valence-corrected chi connectivity index (χ4v) is 7.07. The molecular weight excluding hydrogens is 740 g/mol. The molecule has 14 heteroatoms. The number of ether oxygens (including phenoxy) is 2. The van der Waals surface area contributed by atoms with Gasteiger partial charge in [0, 0.05) is 27.1 Å². The van der Waals surface area contributed by atoms with Crippen LogP contribution in [0.3, 0.4) is 0 Å². The summed E-state index contributed by atoms with van der Waals surface area (Å²) in [5, 5.41) is 0. The van der Waals surface area contributed by atoms with Gasteiger partial charge in [-0.15, -0.1) is 0 Å². The first-order valence-electron chi connectivity index (χ1n) is 17.3. The Hall–Kier alpha value is -4.36. The van der Waals surface area contributed by atoms with Crippen molar-refractivity contribution in [2.75, 3.05) is 0 Å². The van der Waals surface area contributed by atoms with E-state index in [9.17, 15) is 52.7 Å². The molecule has 0 saturated heterocycles. The maximum Gasteiger partial charge on any atom is 0.432 e. The van der Waals surface area contributed by atoms with Crippen LogP contribution in [0.15, 0.2) is 60.7 Å². The molecule has 0 aliphatic heterocycles. The zero-order chi connectivity index (χ0) is 39.5. The van der Waals surface area contributed by atoms with Crippen LogP contribution in [-0.4, -0.2) is 6.11 Å². The van der Waals surface area contributed by atoms with Gasteiger partial charge in [-0.05, 0) is 86.5 Å². The number of hydrogen-bond acceptors (Lipinski definition) is 2. The summed E-state index contributed by atoms with van der Waals surface area (Å²) >= 11 is 0.